The van der Waals surface area contributed by atoms with E-state index in [1.807, 2.05) is 0 Å². The lowest BCUT2D eigenvalue weighted by Gasteiger charge is -2.26. The summed E-state index contributed by atoms with van der Waals surface area (Å²) >= 11 is 0. The van der Waals surface area contributed by atoms with Gasteiger partial charge < -0.3 is 10.1 Å². The number of rotatable bonds is 7. The smallest absolute Gasteiger partial charge is 0.123 e. The third-order valence-corrected chi connectivity index (χ3v) is 4.24. The number of likely N-dealkylation sites (tertiary alicyclic amines) is 1. The molecular formula is C17H26N2O. The second-order valence-corrected chi connectivity index (χ2v) is 6.01. The maximum atomic E-state index is 6.01. The zero-order valence-electron chi connectivity index (χ0n) is 12.3. The fourth-order valence-corrected chi connectivity index (χ4v) is 2.80. The number of piperidine rings is 1. The molecule has 1 heterocycles. The second kappa shape index (κ2) is 7.09. The number of hydrogen-bond acceptors (Lipinski definition) is 3. The molecule has 20 heavy (non-hydrogen) atoms. The molecule has 0 bridgehead atoms. The van der Waals surface area contributed by atoms with Gasteiger partial charge in [-0.05, 0) is 44.8 Å². The Morgan fingerprint density at radius 1 is 1.10 bits per heavy atom. The molecule has 0 amide bonds. The maximum absolute atomic E-state index is 6.01. The van der Waals surface area contributed by atoms with Gasteiger partial charge in [-0.25, -0.2) is 0 Å². The number of hydrogen-bond donors (Lipinski definition) is 1. The van der Waals surface area contributed by atoms with E-state index in [1.165, 1.54) is 50.8 Å². The van der Waals surface area contributed by atoms with Crippen LogP contribution in [0, 0.1) is 0 Å². The predicted octanol–water partition coefficient (Wildman–Crippen LogP) is 2.80. The van der Waals surface area contributed by atoms with E-state index >= 15 is 0 Å². The summed E-state index contributed by atoms with van der Waals surface area (Å²) in [5.41, 5.74) is 1.29. The number of benzene rings is 1. The van der Waals surface area contributed by atoms with Crippen molar-refractivity contribution in [2.24, 2.45) is 0 Å². The van der Waals surface area contributed by atoms with Crippen molar-refractivity contribution in [2.45, 2.75) is 44.7 Å². The Morgan fingerprint density at radius 2 is 1.90 bits per heavy atom. The Hall–Kier alpha value is -1.06. The third-order valence-electron chi connectivity index (χ3n) is 4.24. The maximum Gasteiger partial charge on any atom is 0.123 e. The Balaban J connectivity index is 1.45. The lowest BCUT2D eigenvalue weighted by Crippen LogP contribution is -2.33. The molecule has 110 valence electrons. The summed E-state index contributed by atoms with van der Waals surface area (Å²) in [5, 5.41) is 3.56. The van der Waals surface area contributed by atoms with Crippen LogP contribution in [0.15, 0.2) is 24.3 Å². The summed E-state index contributed by atoms with van der Waals surface area (Å²) in [7, 11) is 0. The first-order chi connectivity index (χ1) is 9.92. The van der Waals surface area contributed by atoms with E-state index in [2.05, 4.69) is 34.5 Å². The molecule has 3 heteroatoms. The van der Waals surface area contributed by atoms with Crippen LogP contribution in [-0.4, -0.2) is 37.2 Å². The van der Waals surface area contributed by atoms with Gasteiger partial charge in [0.15, 0.2) is 0 Å². The van der Waals surface area contributed by atoms with Crippen molar-refractivity contribution in [2.75, 3.05) is 26.2 Å². The van der Waals surface area contributed by atoms with E-state index in [0.29, 0.717) is 0 Å². The minimum absolute atomic E-state index is 0.747. The summed E-state index contributed by atoms with van der Waals surface area (Å²) in [5.74, 6) is 1.05. The number of ether oxygens (including phenoxy) is 1. The van der Waals surface area contributed by atoms with Crippen molar-refractivity contribution in [3.63, 3.8) is 0 Å². The molecule has 3 rings (SSSR count). The molecule has 1 aromatic rings. The largest absolute Gasteiger partial charge is 0.492 e. The van der Waals surface area contributed by atoms with Crippen LogP contribution >= 0.6 is 0 Å². The van der Waals surface area contributed by atoms with E-state index in [9.17, 15) is 0 Å². The summed E-state index contributed by atoms with van der Waals surface area (Å²) < 4.78 is 6.01. The Bertz CT molecular complexity index is 411. The van der Waals surface area contributed by atoms with Crippen LogP contribution in [0.2, 0.25) is 0 Å². The van der Waals surface area contributed by atoms with Gasteiger partial charge >= 0.3 is 0 Å². The molecule has 0 spiro atoms. The molecule has 1 saturated carbocycles. The highest BCUT2D eigenvalue weighted by molar-refractivity contribution is 5.33. The van der Waals surface area contributed by atoms with Gasteiger partial charge in [-0.3, -0.25) is 4.90 Å². The highest BCUT2D eigenvalue weighted by Gasteiger charge is 2.20. The minimum Gasteiger partial charge on any atom is -0.492 e. The van der Waals surface area contributed by atoms with Crippen LogP contribution in [0.3, 0.4) is 0 Å². The van der Waals surface area contributed by atoms with Gasteiger partial charge in [-0.2, -0.15) is 0 Å². The molecule has 0 aromatic heterocycles. The zero-order valence-corrected chi connectivity index (χ0v) is 12.3. The summed E-state index contributed by atoms with van der Waals surface area (Å²) in [6, 6.07) is 9.18. The molecule has 1 N–H and O–H groups in total. The predicted molar refractivity (Wildman–Crippen MR) is 82.1 cm³/mol. The average Bonchev–Trinajstić information content (AvgIpc) is 3.32. The minimum atomic E-state index is 0.747. The van der Waals surface area contributed by atoms with E-state index in [1.54, 1.807) is 0 Å². The van der Waals surface area contributed by atoms with Gasteiger partial charge in [0.1, 0.15) is 12.4 Å². The summed E-state index contributed by atoms with van der Waals surface area (Å²) in [4.78, 5) is 2.52. The molecule has 2 aliphatic rings. The van der Waals surface area contributed by atoms with Gasteiger partial charge in [0.25, 0.3) is 0 Å². The first kappa shape index (κ1) is 13.9. The van der Waals surface area contributed by atoms with Crippen LogP contribution in [-0.2, 0) is 6.54 Å². The summed E-state index contributed by atoms with van der Waals surface area (Å²) in [6.07, 6.45) is 6.76. The topological polar surface area (TPSA) is 24.5 Å². The molecular weight excluding hydrogens is 248 g/mol. The van der Waals surface area contributed by atoms with Crippen molar-refractivity contribution in [3.05, 3.63) is 29.8 Å². The van der Waals surface area contributed by atoms with Crippen molar-refractivity contribution in [1.82, 2.24) is 10.2 Å². The average molecular weight is 274 g/mol. The quantitative estimate of drug-likeness (QED) is 0.827. The Kier molecular flexibility index (Phi) is 4.93. The van der Waals surface area contributed by atoms with E-state index in [-0.39, 0.29) is 0 Å². The normalized spacial score (nSPS) is 20.0. The highest BCUT2D eigenvalue weighted by atomic mass is 16.5. The monoisotopic (exact) mass is 274 g/mol. The van der Waals surface area contributed by atoms with E-state index in [0.717, 1.165) is 31.5 Å². The lowest BCUT2D eigenvalue weighted by molar-refractivity contribution is 0.182. The second-order valence-electron chi connectivity index (χ2n) is 6.01. The SMILES string of the molecule is c1ccc(OCCN2CCCCC2)c(CNC2CC2)c1. The zero-order chi connectivity index (χ0) is 13.6. The molecule has 0 atom stereocenters. The molecule has 3 nitrogen and oxygen atoms in total. The molecule has 0 unspecified atom stereocenters. The number of para-hydroxylation sites is 1. The fourth-order valence-electron chi connectivity index (χ4n) is 2.80. The van der Waals surface area contributed by atoms with Gasteiger partial charge in [0.2, 0.25) is 0 Å². The van der Waals surface area contributed by atoms with Gasteiger partial charge in [0, 0.05) is 24.7 Å². The van der Waals surface area contributed by atoms with Crippen LogP contribution in [0.25, 0.3) is 0 Å². The standard InChI is InChI=1S/C17H26N2O/c1-4-10-19(11-5-1)12-13-20-17-7-3-2-6-15(17)14-18-16-8-9-16/h2-3,6-7,16,18H,1,4-5,8-14H2. The molecule has 1 aliphatic heterocycles. The fraction of sp³-hybridized carbons (Fsp3) is 0.647. The van der Waals surface area contributed by atoms with E-state index < -0.39 is 0 Å². The third kappa shape index (κ3) is 4.22. The van der Waals surface area contributed by atoms with Crippen molar-refractivity contribution >= 4 is 0 Å². The number of nitrogens with one attached hydrogen (secondary N) is 1. The first-order valence-corrected chi connectivity index (χ1v) is 8.08. The van der Waals surface area contributed by atoms with Gasteiger partial charge in [-0.1, -0.05) is 24.6 Å². The van der Waals surface area contributed by atoms with Crippen LogP contribution < -0.4 is 10.1 Å². The van der Waals surface area contributed by atoms with Crippen LogP contribution in [0.4, 0.5) is 0 Å². The highest BCUT2D eigenvalue weighted by Crippen LogP contribution is 2.22. The van der Waals surface area contributed by atoms with Gasteiger partial charge in [-0.15, -0.1) is 0 Å². The van der Waals surface area contributed by atoms with Crippen LogP contribution in [0.1, 0.15) is 37.7 Å². The van der Waals surface area contributed by atoms with Crippen LogP contribution in [0.5, 0.6) is 5.75 Å². The number of nitrogens with zero attached hydrogens (tertiary/aromatic N) is 1. The first-order valence-electron chi connectivity index (χ1n) is 8.08. The van der Waals surface area contributed by atoms with Crippen molar-refractivity contribution in [3.8, 4) is 5.75 Å². The molecule has 2 fully saturated rings. The van der Waals surface area contributed by atoms with Crippen molar-refractivity contribution in [1.29, 1.82) is 0 Å². The molecule has 0 radical (unpaired) electrons. The van der Waals surface area contributed by atoms with Crippen molar-refractivity contribution < 1.29 is 4.74 Å². The Morgan fingerprint density at radius 3 is 2.70 bits per heavy atom. The van der Waals surface area contributed by atoms with Gasteiger partial charge in [0.05, 0.1) is 0 Å². The molecule has 1 aromatic carbocycles. The summed E-state index contributed by atoms with van der Waals surface area (Å²) in [6.45, 7) is 5.29. The Labute approximate surface area is 122 Å². The van der Waals surface area contributed by atoms with E-state index in [4.69, 9.17) is 4.74 Å². The lowest BCUT2D eigenvalue weighted by atomic mass is 10.1. The molecule has 1 aliphatic carbocycles. The molecule has 1 saturated heterocycles.